The molecule has 1 N–H and O–H groups in total. The van der Waals surface area contributed by atoms with Gasteiger partial charge in [0.05, 0.1) is 17.3 Å². The second-order valence-corrected chi connectivity index (χ2v) is 3.84. The summed E-state index contributed by atoms with van der Waals surface area (Å²) in [5.41, 5.74) is 4.46. The molecule has 0 spiro atoms. The molecular formula is C13H11N3O. The first-order chi connectivity index (χ1) is 8.17. The first-order valence-corrected chi connectivity index (χ1v) is 5.18. The number of hydrogen-bond donors (Lipinski definition) is 1. The Morgan fingerprint density at radius 1 is 1.41 bits per heavy atom. The number of aromatic amines is 1. The summed E-state index contributed by atoms with van der Waals surface area (Å²) in [5.74, 6) is 0. The fourth-order valence-electron chi connectivity index (χ4n) is 1.89. The van der Waals surface area contributed by atoms with E-state index in [1.165, 1.54) is 0 Å². The van der Waals surface area contributed by atoms with E-state index < -0.39 is 0 Å². The minimum atomic E-state index is 0.545. The number of benzene rings is 1. The second-order valence-electron chi connectivity index (χ2n) is 3.84. The highest BCUT2D eigenvalue weighted by atomic mass is 16.1. The molecule has 0 aliphatic heterocycles. The van der Waals surface area contributed by atoms with Gasteiger partial charge in [-0.25, -0.2) is 0 Å². The Balaban J connectivity index is 2.74. The van der Waals surface area contributed by atoms with Crippen LogP contribution in [0.4, 0.5) is 0 Å². The zero-order valence-electron chi connectivity index (χ0n) is 9.61. The molecule has 0 saturated carbocycles. The van der Waals surface area contributed by atoms with E-state index in [1.807, 2.05) is 13.8 Å². The number of aromatic nitrogens is 2. The van der Waals surface area contributed by atoms with Crippen LogP contribution in [-0.4, -0.2) is 16.5 Å². The van der Waals surface area contributed by atoms with E-state index in [1.54, 1.807) is 18.2 Å². The normalized spacial score (nSPS) is 9.94. The molecule has 1 aromatic heterocycles. The van der Waals surface area contributed by atoms with Crippen LogP contribution in [0.2, 0.25) is 0 Å². The van der Waals surface area contributed by atoms with Crippen LogP contribution in [0.3, 0.4) is 0 Å². The van der Waals surface area contributed by atoms with Gasteiger partial charge in [-0.3, -0.25) is 9.89 Å². The van der Waals surface area contributed by atoms with Gasteiger partial charge in [-0.15, -0.1) is 0 Å². The Morgan fingerprint density at radius 3 is 2.71 bits per heavy atom. The molecule has 0 fully saturated rings. The maximum absolute atomic E-state index is 10.8. The fraction of sp³-hybridized carbons (Fsp3) is 0.154. The van der Waals surface area contributed by atoms with Gasteiger partial charge in [-0.1, -0.05) is 6.07 Å². The number of H-pyrrole nitrogens is 1. The third kappa shape index (κ3) is 1.83. The van der Waals surface area contributed by atoms with Crippen molar-refractivity contribution < 1.29 is 4.79 Å². The van der Waals surface area contributed by atoms with Gasteiger partial charge < -0.3 is 0 Å². The average molecular weight is 225 g/mol. The zero-order valence-corrected chi connectivity index (χ0v) is 9.61. The van der Waals surface area contributed by atoms with Crippen molar-refractivity contribution in [3.8, 4) is 17.2 Å². The highest BCUT2D eigenvalue weighted by Gasteiger charge is 2.13. The Labute approximate surface area is 98.9 Å². The molecule has 0 unspecified atom stereocenters. The summed E-state index contributed by atoms with van der Waals surface area (Å²) in [6.07, 6.45) is 0.773. The number of nitrogens with one attached hydrogen (secondary N) is 1. The molecule has 0 saturated heterocycles. The van der Waals surface area contributed by atoms with Gasteiger partial charge in [0.15, 0.2) is 0 Å². The molecule has 0 radical (unpaired) electrons. The lowest BCUT2D eigenvalue weighted by Gasteiger charge is -2.05. The Bertz CT molecular complexity index is 601. The van der Waals surface area contributed by atoms with Crippen molar-refractivity contribution in [3.05, 3.63) is 40.7 Å². The summed E-state index contributed by atoms with van der Waals surface area (Å²) >= 11 is 0. The van der Waals surface area contributed by atoms with E-state index in [0.29, 0.717) is 11.1 Å². The van der Waals surface area contributed by atoms with Gasteiger partial charge in [0.1, 0.15) is 6.29 Å². The molecule has 0 aliphatic carbocycles. The third-order valence-electron chi connectivity index (χ3n) is 2.70. The van der Waals surface area contributed by atoms with Crippen molar-refractivity contribution in [2.75, 3.05) is 0 Å². The molecule has 0 atom stereocenters. The standard InChI is InChI=1S/C13H11N3O/c1-8-13(9(2)16-15-8)12-5-10(7-17)3-4-11(12)6-14/h3-5,7H,1-2H3,(H,15,16). The highest BCUT2D eigenvalue weighted by Crippen LogP contribution is 2.28. The van der Waals surface area contributed by atoms with Crippen molar-refractivity contribution in [1.82, 2.24) is 10.2 Å². The van der Waals surface area contributed by atoms with Crippen LogP contribution in [0.15, 0.2) is 18.2 Å². The van der Waals surface area contributed by atoms with Crippen LogP contribution in [0.25, 0.3) is 11.1 Å². The summed E-state index contributed by atoms with van der Waals surface area (Å²) in [4.78, 5) is 10.8. The predicted octanol–water partition coefficient (Wildman–Crippen LogP) is 2.38. The molecule has 4 nitrogen and oxygen atoms in total. The van der Waals surface area contributed by atoms with Crippen LogP contribution in [-0.2, 0) is 0 Å². The number of carbonyl (C=O) groups excluding carboxylic acids is 1. The SMILES string of the molecule is Cc1n[nH]c(C)c1-c1cc(C=O)ccc1C#N. The molecule has 17 heavy (non-hydrogen) atoms. The van der Waals surface area contributed by atoms with Crippen LogP contribution < -0.4 is 0 Å². The lowest BCUT2D eigenvalue weighted by atomic mass is 9.97. The molecule has 0 amide bonds. The number of aldehydes is 1. The monoisotopic (exact) mass is 225 g/mol. The maximum atomic E-state index is 10.8. The number of nitriles is 1. The Kier molecular flexibility index (Phi) is 2.75. The number of carbonyl (C=O) groups is 1. The van der Waals surface area contributed by atoms with Crippen LogP contribution in [0.1, 0.15) is 27.3 Å². The largest absolute Gasteiger partial charge is 0.298 e. The van der Waals surface area contributed by atoms with Crippen LogP contribution in [0, 0.1) is 25.2 Å². The summed E-state index contributed by atoms with van der Waals surface area (Å²) in [6, 6.07) is 7.15. The van der Waals surface area contributed by atoms with Gasteiger partial charge in [0, 0.05) is 22.4 Å². The lowest BCUT2D eigenvalue weighted by molar-refractivity contribution is 0.112. The molecule has 0 bridgehead atoms. The van der Waals surface area contributed by atoms with E-state index in [9.17, 15) is 4.79 Å². The molecule has 4 heteroatoms. The number of rotatable bonds is 2. The van der Waals surface area contributed by atoms with E-state index >= 15 is 0 Å². The molecule has 1 aromatic carbocycles. The van der Waals surface area contributed by atoms with Gasteiger partial charge in [0.25, 0.3) is 0 Å². The maximum Gasteiger partial charge on any atom is 0.150 e. The third-order valence-corrected chi connectivity index (χ3v) is 2.70. The topological polar surface area (TPSA) is 69.5 Å². The van der Waals surface area contributed by atoms with Gasteiger partial charge >= 0.3 is 0 Å². The van der Waals surface area contributed by atoms with Gasteiger partial charge in [-0.2, -0.15) is 10.4 Å². The average Bonchev–Trinajstić information content (AvgIpc) is 2.68. The molecule has 2 aromatic rings. The van der Waals surface area contributed by atoms with Crippen molar-refractivity contribution in [2.24, 2.45) is 0 Å². The zero-order chi connectivity index (χ0) is 12.4. The van der Waals surface area contributed by atoms with E-state index in [4.69, 9.17) is 5.26 Å². The second kappa shape index (κ2) is 4.22. The molecule has 0 aliphatic rings. The number of nitrogens with zero attached hydrogens (tertiary/aromatic N) is 2. The predicted molar refractivity (Wildman–Crippen MR) is 63.6 cm³/mol. The highest BCUT2D eigenvalue weighted by molar-refractivity contribution is 5.82. The van der Waals surface area contributed by atoms with E-state index in [0.717, 1.165) is 28.8 Å². The molecular weight excluding hydrogens is 214 g/mol. The van der Waals surface area contributed by atoms with Gasteiger partial charge in [-0.05, 0) is 26.0 Å². The summed E-state index contributed by atoms with van der Waals surface area (Å²) in [6.45, 7) is 3.76. The smallest absolute Gasteiger partial charge is 0.150 e. The van der Waals surface area contributed by atoms with E-state index in [2.05, 4.69) is 16.3 Å². The molecule has 84 valence electrons. The lowest BCUT2D eigenvalue weighted by Crippen LogP contribution is -1.90. The Hall–Kier alpha value is -2.41. The van der Waals surface area contributed by atoms with Gasteiger partial charge in [0.2, 0.25) is 0 Å². The summed E-state index contributed by atoms with van der Waals surface area (Å²) in [5, 5.41) is 16.1. The first-order valence-electron chi connectivity index (χ1n) is 5.18. The fourth-order valence-corrected chi connectivity index (χ4v) is 1.89. The minimum Gasteiger partial charge on any atom is -0.298 e. The van der Waals surface area contributed by atoms with Crippen molar-refractivity contribution in [1.29, 1.82) is 5.26 Å². The quantitative estimate of drug-likeness (QED) is 0.798. The Morgan fingerprint density at radius 2 is 2.18 bits per heavy atom. The van der Waals surface area contributed by atoms with Crippen molar-refractivity contribution >= 4 is 6.29 Å². The summed E-state index contributed by atoms with van der Waals surface area (Å²) in [7, 11) is 0. The van der Waals surface area contributed by atoms with E-state index in [-0.39, 0.29) is 0 Å². The summed E-state index contributed by atoms with van der Waals surface area (Å²) < 4.78 is 0. The number of aryl methyl sites for hydroxylation is 2. The van der Waals surface area contributed by atoms with Crippen molar-refractivity contribution in [2.45, 2.75) is 13.8 Å². The first kappa shape index (κ1) is 11.1. The minimum absolute atomic E-state index is 0.545. The van der Waals surface area contributed by atoms with Crippen LogP contribution >= 0.6 is 0 Å². The molecule has 1 heterocycles. The molecule has 2 rings (SSSR count). The number of hydrogen-bond acceptors (Lipinski definition) is 3. The van der Waals surface area contributed by atoms with Crippen molar-refractivity contribution in [3.63, 3.8) is 0 Å². The van der Waals surface area contributed by atoms with Crippen LogP contribution in [0.5, 0.6) is 0 Å².